The summed E-state index contributed by atoms with van der Waals surface area (Å²) >= 11 is 0. The lowest BCUT2D eigenvalue weighted by Gasteiger charge is -1.98. The van der Waals surface area contributed by atoms with Gasteiger partial charge in [-0.25, -0.2) is 4.39 Å². The molecule has 0 spiro atoms. The zero-order valence-corrected chi connectivity index (χ0v) is 6.79. The quantitative estimate of drug-likeness (QED) is 0.663. The number of aliphatic hydroxyl groups is 1. The molecule has 1 aromatic carbocycles. The average molecular weight is 167 g/mol. The summed E-state index contributed by atoms with van der Waals surface area (Å²) in [5, 5.41) is 8.74. The Morgan fingerprint density at radius 1 is 1.50 bits per heavy atom. The topological polar surface area (TPSA) is 32.6 Å². The van der Waals surface area contributed by atoms with E-state index in [1.165, 1.54) is 12.1 Å². The van der Waals surface area contributed by atoms with Gasteiger partial charge in [0.25, 0.3) is 0 Å². The van der Waals surface area contributed by atoms with E-state index in [2.05, 4.69) is 4.99 Å². The smallest absolute Gasteiger partial charge is 0.124 e. The largest absolute Gasteiger partial charge is 0.392 e. The summed E-state index contributed by atoms with van der Waals surface area (Å²) in [5.74, 6) is -0.351. The number of rotatable bonds is 2. The zero-order valence-electron chi connectivity index (χ0n) is 6.79. The van der Waals surface area contributed by atoms with E-state index in [1.54, 1.807) is 19.3 Å². The number of hydrogen-bond donors (Lipinski definition) is 1. The predicted octanol–water partition coefficient (Wildman–Crippen LogP) is 1.37. The molecule has 3 heteroatoms. The Morgan fingerprint density at radius 3 is 2.83 bits per heavy atom. The number of aliphatic hydroxyl groups excluding tert-OH is 1. The molecule has 0 aliphatic rings. The molecule has 0 bridgehead atoms. The van der Waals surface area contributed by atoms with Gasteiger partial charge in [-0.1, -0.05) is 0 Å². The second-order valence-corrected chi connectivity index (χ2v) is 2.44. The monoisotopic (exact) mass is 167 g/mol. The summed E-state index contributed by atoms with van der Waals surface area (Å²) in [4.78, 5) is 3.75. The lowest BCUT2D eigenvalue weighted by atomic mass is 10.1. The SMILES string of the molecule is C/N=C/c1cc(F)cc(CO)c1. The lowest BCUT2D eigenvalue weighted by Crippen LogP contribution is -1.89. The first kappa shape index (κ1) is 8.87. The Kier molecular flexibility index (Phi) is 2.94. The van der Waals surface area contributed by atoms with Crippen LogP contribution in [0.4, 0.5) is 4.39 Å². The lowest BCUT2D eigenvalue weighted by molar-refractivity contribution is 0.281. The molecule has 64 valence electrons. The molecule has 0 atom stereocenters. The molecule has 0 unspecified atom stereocenters. The second kappa shape index (κ2) is 3.97. The summed E-state index contributed by atoms with van der Waals surface area (Å²) in [5.41, 5.74) is 1.23. The molecule has 12 heavy (non-hydrogen) atoms. The molecule has 0 amide bonds. The fraction of sp³-hybridized carbons (Fsp3) is 0.222. The Hall–Kier alpha value is -1.22. The van der Waals surface area contributed by atoms with Crippen molar-refractivity contribution >= 4 is 6.21 Å². The van der Waals surface area contributed by atoms with Gasteiger partial charge in [0.2, 0.25) is 0 Å². The fourth-order valence-corrected chi connectivity index (χ4v) is 0.990. The number of aliphatic imine (C=N–C) groups is 1. The van der Waals surface area contributed by atoms with E-state index >= 15 is 0 Å². The minimum Gasteiger partial charge on any atom is -0.392 e. The van der Waals surface area contributed by atoms with Crippen molar-refractivity contribution in [2.45, 2.75) is 6.61 Å². The highest BCUT2D eigenvalue weighted by Gasteiger charge is 1.97. The van der Waals surface area contributed by atoms with Gasteiger partial charge in [-0.3, -0.25) is 4.99 Å². The van der Waals surface area contributed by atoms with Gasteiger partial charge in [-0.05, 0) is 29.3 Å². The van der Waals surface area contributed by atoms with E-state index < -0.39 is 0 Å². The van der Waals surface area contributed by atoms with E-state index in [0.29, 0.717) is 11.1 Å². The molecule has 2 nitrogen and oxygen atoms in total. The minimum atomic E-state index is -0.351. The van der Waals surface area contributed by atoms with Crippen LogP contribution in [0, 0.1) is 5.82 Å². The van der Waals surface area contributed by atoms with Crippen LogP contribution >= 0.6 is 0 Å². The van der Waals surface area contributed by atoms with Crippen molar-refractivity contribution in [1.29, 1.82) is 0 Å². The van der Waals surface area contributed by atoms with Gasteiger partial charge >= 0.3 is 0 Å². The van der Waals surface area contributed by atoms with Crippen molar-refractivity contribution in [2.24, 2.45) is 4.99 Å². The molecule has 0 saturated heterocycles. The van der Waals surface area contributed by atoms with Crippen molar-refractivity contribution in [1.82, 2.24) is 0 Å². The number of halogens is 1. The van der Waals surface area contributed by atoms with Gasteiger partial charge in [-0.2, -0.15) is 0 Å². The standard InChI is InChI=1S/C9H10FNO/c1-11-5-7-2-8(6-12)4-9(10)3-7/h2-5,12H,6H2,1H3/b11-5+. The Bertz CT molecular complexity index is 297. The number of nitrogens with zero attached hydrogens (tertiary/aromatic N) is 1. The van der Waals surface area contributed by atoms with Gasteiger partial charge in [0, 0.05) is 13.3 Å². The normalized spacial score (nSPS) is 10.9. The van der Waals surface area contributed by atoms with Crippen LogP contribution in [0.1, 0.15) is 11.1 Å². The second-order valence-electron chi connectivity index (χ2n) is 2.44. The summed E-state index contributed by atoms with van der Waals surface area (Å²) in [6.07, 6.45) is 1.54. The van der Waals surface area contributed by atoms with Crippen LogP contribution in [0.3, 0.4) is 0 Å². The third-order valence-corrected chi connectivity index (χ3v) is 1.44. The highest BCUT2D eigenvalue weighted by atomic mass is 19.1. The Morgan fingerprint density at radius 2 is 2.25 bits per heavy atom. The molecule has 0 aliphatic carbocycles. The van der Waals surface area contributed by atoms with Gasteiger partial charge in [0.1, 0.15) is 5.82 Å². The number of benzene rings is 1. The first-order valence-electron chi connectivity index (χ1n) is 3.58. The van der Waals surface area contributed by atoms with E-state index in [9.17, 15) is 4.39 Å². The third-order valence-electron chi connectivity index (χ3n) is 1.44. The molecule has 1 N–H and O–H groups in total. The Balaban J connectivity index is 3.06. The van der Waals surface area contributed by atoms with Crippen molar-refractivity contribution in [2.75, 3.05) is 7.05 Å². The van der Waals surface area contributed by atoms with E-state index in [-0.39, 0.29) is 12.4 Å². The van der Waals surface area contributed by atoms with E-state index in [4.69, 9.17) is 5.11 Å². The van der Waals surface area contributed by atoms with Gasteiger partial charge in [0.15, 0.2) is 0 Å². The van der Waals surface area contributed by atoms with Crippen molar-refractivity contribution in [3.05, 3.63) is 35.1 Å². The van der Waals surface area contributed by atoms with Crippen LogP contribution in [-0.2, 0) is 6.61 Å². The minimum absolute atomic E-state index is 0.150. The first-order valence-corrected chi connectivity index (χ1v) is 3.58. The van der Waals surface area contributed by atoms with Crippen LogP contribution in [0.5, 0.6) is 0 Å². The Labute approximate surface area is 70.4 Å². The van der Waals surface area contributed by atoms with Crippen molar-refractivity contribution in [3.63, 3.8) is 0 Å². The maximum atomic E-state index is 12.8. The van der Waals surface area contributed by atoms with Crippen molar-refractivity contribution < 1.29 is 9.50 Å². The highest BCUT2D eigenvalue weighted by Crippen LogP contribution is 2.07. The zero-order chi connectivity index (χ0) is 8.97. The van der Waals surface area contributed by atoms with Crippen LogP contribution in [0.25, 0.3) is 0 Å². The van der Waals surface area contributed by atoms with E-state index in [1.807, 2.05) is 0 Å². The maximum absolute atomic E-state index is 12.8. The molecular weight excluding hydrogens is 157 g/mol. The molecule has 0 heterocycles. The molecule has 1 aromatic rings. The summed E-state index contributed by atoms with van der Waals surface area (Å²) in [6.45, 7) is -0.150. The van der Waals surface area contributed by atoms with Crippen LogP contribution < -0.4 is 0 Å². The summed E-state index contributed by atoms with van der Waals surface area (Å²) < 4.78 is 12.8. The number of hydrogen-bond acceptors (Lipinski definition) is 2. The molecule has 0 radical (unpaired) electrons. The van der Waals surface area contributed by atoms with Crippen LogP contribution in [0.15, 0.2) is 23.2 Å². The van der Waals surface area contributed by atoms with Crippen molar-refractivity contribution in [3.8, 4) is 0 Å². The molecule has 0 aromatic heterocycles. The van der Waals surface area contributed by atoms with Crippen LogP contribution in [-0.4, -0.2) is 18.4 Å². The van der Waals surface area contributed by atoms with Crippen LogP contribution in [0.2, 0.25) is 0 Å². The van der Waals surface area contributed by atoms with E-state index in [0.717, 1.165) is 0 Å². The molecular formula is C9H10FNO. The average Bonchev–Trinajstić information content (AvgIpc) is 2.04. The van der Waals surface area contributed by atoms with Gasteiger partial charge in [-0.15, -0.1) is 0 Å². The summed E-state index contributed by atoms with van der Waals surface area (Å²) in [6, 6.07) is 4.36. The highest BCUT2D eigenvalue weighted by molar-refractivity contribution is 5.79. The molecule has 0 saturated carbocycles. The molecule has 0 aliphatic heterocycles. The molecule has 0 fully saturated rings. The summed E-state index contributed by atoms with van der Waals surface area (Å²) in [7, 11) is 1.61. The fourth-order valence-electron chi connectivity index (χ4n) is 0.990. The predicted molar refractivity (Wildman–Crippen MR) is 45.8 cm³/mol. The third kappa shape index (κ3) is 2.13. The molecule has 1 rings (SSSR count). The van der Waals surface area contributed by atoms with Gasteiger partial charge in [0.05, 0.1) is 6.61 Å². The van der Waals surface area contributed by atoms with Gasteiger partial charge < -0.3 is 5.11 Å². The first-order chi connectivity index (χ1) is 5.76. The maximum Gasteiger partial charge on any atom is 0.124 e.